The minimum absolute atomic E-state index is 0.298. The summed E-state index contributed by atoms with van der Waals surface area (Å²) in [5, 5.41) is 3.88. The maximum absolute atomic E-state index is 12.5. The second-order valence-corrected chi connectivity index (χ2v) is 8.56. The van der Waals surface area contributed by atoms with Crippen LogP contribution in [-0.4, -0.2) is 10.9 Å². The third kappa shape index (κ3) is 4.76. The first kappa shape index (κ1) is 22.0. The number of hydrogen-bond donors (Lipinski definition) is 1. The normalized spacial score (nSPS) is 11.4. The number of nitrogens with zero attached hydrogens (tertiary/aromatic N) is 1. The Hall–Kier alpha value is -3.80. The summed E-state index contributed by atoms with van der Waals surface area (Å²) in [6.07, 6.45) is 3.00. The lowest BCUT2D eigenvalue weighted by atomic mass is 10.2. The van der Waals surface area contributed by atoms with Gasteiger partial charge in [-0.25, -0.2) is 4.98 Å². The molecule has 0 aliphatic carbocycles. The fourth-order valence-electron chi connectivity index (χ4n) is 3.50. The van der Waals surface area contributed by atoms with Crippen molar-refractivity contribution in [3.05, 3.63) is 100 Å². The molecule has 168 valence electrons. The first-order chi connectivity index (χ1) is 16.4. The van der Waals surface area contributed by atoms with Crippen LogP contribution in [0.3, 0.4) is 0 Å². The standard InChI is InChI=1S/C27H18Cl2N2O3/c1-16-5-10-23-25(13-16)34-27(31-23)17-3-2-4-19(14-17)30-26(32)12-8-20-7-11-24(33-20)21-9-6-18(28)15-22(21)29/h2-15H,1H3,(H,30,32)/b12-8+. The molecular formula is C27H18Cl2N2O3. The number of carbonyl (C=O) groups is 1. The maximum atomic E-state index is 12.5. The van der Waals surface area contributed by atoms with Crippen molar-refractivity contribution >= 4 is 52.0 Å². The number of aromatic nitrogens is 1. The second-order valence-electron chi connectivity index (χ2n) is 7.72. The number of aryl methyl sites for hydroxylation is 1. The lowest BCUT2D eigenvalue weighted by molar-refractivity contribution is -0.111. The Morgan fingerprint density at radius 3 is 2.71 bits per heavy atom. The maximum Gasteiger partial charge on any atom is 0.248 e. The van der Waals surface area contributed by atoms with Gasteiger partial charge in [-0.1, -0.05) is 35.3 Å². The van der Waals surface area contributed by atoms with Gasteiger partial charge in [0.05, 0.1) is 5.02 Å². The molecule has 0 atom stereocenters. The Morgan fingerprint density at radius 2 is 1.85 bits per heavy atom. The number of furan rings is 1. The number of halogens is 2. The Bertz CT molecular complexity index is 1550. The van der Waals surface area contributed by atoms with Crippen molar-refractivity contribution in [1.29, 1.82) is 0 Å². The highest BCUT2D eigenvalue weighted by Gasteiger charge is 2.11. The molecule has 7 heteroatoms. The minimum Gasteiger partial charge on any atom is -0.457 e. The van der Waals surface area contributed by atoms with Crippen molar-refractivity contribution in [3.63, 3.8) is 0 Å². The molecule has 0 unspecified atom stereocenters. The van der Waals surface area contributed by atoms with E-state index in [-0.39, 0.29) is 5.91 Å². The van der Waals surface area contributed by atoms with Gasteiger partial charge in [-0.3, -0.25) is 4.79 Å². The van der Waals surface area contributed by atoms with E-state index >= 15 is 0 Å². The Morgan fingerprint density at radius 1 is 0.971 bits per heavy atom. The van der Waals surface area contributed by atoms with Gasteiger partial charge in [0.2, 0.25) is 11.8 Å². The molecule has 5 rings (SSSR count). The van der Waals surface area contributed by atoms with Crippen LogP contribution < -0.4 is 5.32 Å². The van der Waals surface area contributed by atoms with Crippen molar-refractivity contribution in [2.45, 2.75) is 6.92 Å². The molecule has 5 nitrogen and oxygen atoms in total. The van der Waals surface area contributed by atoms with Crippen molar-refractivity contribution in [2.24, 2.45) is 0 Å². The molecule has 0 spiro atoms. The van der Waals surface area contributed by atoms with Gasteiger partial charge >= 0.3 is 0 Å². The predicted octanol–water partition coefficient (Wildman–Crippen LogP) is 8.02. The number of anilines is 1. The summed E-state index contributed by atoms with van der Waals surface area (Å²) in [5.74, 6) is 1.30. The Kier molecular flexibility index (Phi) is 5.97. The molecule has 2 heterocycles. The minimum atomic E-state index is -0.298. The number of fused-ring (bicyclic) bond motifs is 1. The highest BCUT2D eigenvalue weighted by molar-refractivity contribution is 6.36. The van der Waals surface area contributed by atoms with Crippen LogP contribution in [0.2, 0.25) is 10.0 Å². The number of oxazole rings is 1. The van der Waals surface area contributed by atoms with Crippen LogP contribution >= 0.6 is 23.2 Å². The van der Waals surface area contributed by atoms with Crippen LogP contribution in [0.5, 0.6) is 0 Å². The molecule has 0 saturated carbocycles. The molecule has 0 aliphatic heterocycles. The quantitative estimate of drug-likeness (QED) is 0.254. The highest BCUT2D eigenvalue weighted by atomic mass is 35.5. The van der Waals surface area contributed by atoms with Gasteiger partial charge in [0.25, 0.3) is 0 Å². The van der Waals surface area contributed by atoms with E-state index in [0.717, 1.165) is 27.8 Å². The predicted molar refractivity (Wildman–Crippen MR) is 136 cm³/mol. The van der Waals surface area contributed by atoms with Crippen LogP contribution in [0.1, 0.15) is 11.3 Å². The van der Waals surface area contributed by atoms with E-state index in [1.165, 1.54) is 6.08 Å². The molecule has 0 saturated heterocycles. The van der Waals surface area contributed by atoms with Gasteiger partial charge in [-0.15, -0.1) is 0 Å². The monoisotopic (exact) mass is 488 g/mol. The van der Waals surface area contributed by atoms with E-state index in [1.807, 2.05) is 43.3 Å². The summed E-state index contributed by atoms with van der Waals surface area (Å²) in [7, 11) is 0. The van der Waals surface area contributed by atoms with Crippen LogP contribution in [0.15, 0.2) is 87.7 Å². The van der Waals surface area contributed by atoms with Gasteiger partial charge in [0.1, 0.15) is 17.0 Å². The first-order valence-corrected chi connectivity index (χ1v) is 11.2. The summed E-state index contributed by atoms with van der Waals surface area (Å²) < 4.78 is 11.7. The largest absolute Gasteiger partial charge is 0.457 e. The molecule has 3 aromatic carbocycles. The summed E-state index contributed by atoms with van der Waals surface area (Å²) in [6.45, 7) is 2.00. The molecule has 0 bridgehead atoms. The molecular weight excluding hydrogens is 471 g/mol. The van der Waals surface area contributed by atoms with Crippen molar-refractivity contribution in [2.75, 3.05) is 5.32 Å². The SMILES string of the molecule is Cc1ccc2nc(-c3cccc(NC(=O)/C=C/c4ccc(-c5ccc(Cl)cc5Cl)o4)c3)oc2c1. The van der Waals surface area contributed by atoms with E-state index in [4.69, 9.17) is 32.0 Å². The van der Waals surface area contributed by atoms with E-state index in [1.54, 1.807) is 42.5 Å². The lowest BCUT2D eigenvalue weighted by Crippen LogP contribution is -2.07. The molecule has 0 fully saturated rings. The van der Waals surface area contributed by atoms with E-state index in [9.17, 15) is 4.79 Å². The van der Waals surface area contributed by atoms with E-state index in [2.05, 4.69) is 10.3 Å². The van der Waals surface area contributed by atoms with Crippen LogP contribution in [0, 0.1) is 6.92 Å². The number of amides is 1. The molecule has 5 aromatic rings. The third-order valence-corrected chi connectivity index (χ3v) is 5.69. The van der Waals surface area contributed by atoms with E-state index in [0.29, 0.717) is 33.1 Å². The summed E-state index contributed by atoms with van der Waals surface area (Å²) in [4.78, 5) is 17.0. The van der Waals surface area contributed by atoms with Crippen LogP contribution in [-0.2, 0) is 4.79 Å². The lowest BCUT2D eigenvalue weighted by Gasteiger charge is -2.03. The average molecular weight is 489 g/mol. The van der Waals surface area contributed by atoms with Gasteiger partial charge in [0.15, 0.2) is 5.58 Å². The van der Waals surface area contributed by atoms with Crippen molar-refractivity contribution in [1.82, 2.24) is 4.98 Å². The molecule has 0 aliphatic rings. The molecule has 34 heavy (non-hydrogen) atoms. The molecule has 1 N–H and O–H groups in total. The fraction of sp³-hybridized carbons (Fsp3) is 0.0370. The van der Waals surface area contributed by atoms with Crippen molar-refractivity contribution in [3.8, 4) is 22.8 Å². The number of hydrogen-bond acceptors (Lipinski definition) is 4. The summed E-state index contributed by atoms with van der Waals surface area (Å²) in [6, 6.07) is 21.9. The van der Waals surface area contributed by atoms with Crippen molar-refractivity contribution < 1.29 is 13.6 Å². The smallest absolute Gasteiger partial charge is 0.248 e. The average Bonchev–Trinajstić information content (AvgIpc) is 3.45. The van der Waals surface area contributed by atoms with Gasteiger partial charge in [-0.05, 0) is 79.2 Å². The van der Waals surface area contributed by atoms with Crippen LogP contribution in [0.4, 0.5) is 5.69 Å². The molecule has 0 radical (unpaired) electrons. The number of carbonyl (C=O) groups excluding carboxylic acids is 1. The summed E-state index contributed by atoms with van der Waals surface area (Å²) >= 11 is 12.2. The molecule has 1 amide bonds. The second kappa shape index (κ2) is 9.21. The Labute approximate surface area is 205 Å². The van der Waals surface area contributed by atoms with E-state index < -0.39 is 0 Å². The molecule has 2 aromatic heterocycles. The van der Waals surface area contributed by atoms with Crippen LogP contribution in [0.25, 0.3) is 40.0 Å². The van der Waals surface area contributed by atoms with Gasteiger partial charge < -0.3 is 14.2 Å². The zero-order valence-corrected chi connectivity index (χ0v) is 19.5. The number of benzene rings is 3. The van der Waals surface area contributed by atoms with Gasteiger partial charge in [-0.2, -0.15) is 0 Å². The van der Waals surface area contributed by atoms with Gasteiger partial charge in [0, 0.05) is 27.9 Å². The highest BCUT2D eigenvalue weighted by Crippen LogP contribution is 2.32. The zero-order chi connectivity index (χ0) is 23.7. The number of rotatable bonds is 5. The zero-order valence-electron chi connectivity index (χ0n) is 18.0. The summed E-state index contributed by atoms with van der Waals surface area (Å²) in [5.41, 5.74) is 4.73. The first-order valence-electron chi connectivity index (χ1n) is 10.5. The third-order valence-electron chi connectivity index (χ3n) is 5.14. The Balaban J connectivity index is 1.29. The fourth-order valence-corrected chi connectivity index (χ4v) is 4.01. The topological polar surface area (TPSA) is 68.3 Å². The number of nitrogens with one attached hydrogen (secondary N) is 1.